The van der Waals surface area contributed by atoms with Gasteiger partial charge in [0, 0.05) is 30.2 Å². The highest BCUT2D eigenvalue weighted by molar-refractivity contribution is 6.31. The van der Waals surface area contributed by atoms with E-state index in [1.54, 1.807) is 18.2 Å². The van der Waals surface area contributed by atoms with Gasteiger partial charge in [-0.2, -0.15) is 0 Å². The number of anilines is 2. The number of nitrogens with zero attached hydrogens (tertiary/aromatic N) is 2. The minimum Gasteiger partial charge on any atom is -0.486 e. The zero-order valence-electron chi connectivity index (χ0n) is 13.6. The van der Waals surface area contributed by atoms with Crippen molar-refractivity contribution in [3.05, 3.63) is 47.5 Å². The molecular formula is C18H15ClFN3O3. The molecule has 1 aliphatic rings. The maximum absolute atomic E-state index is 13.3. The smallest absolute Gasteiger partial charge is 0.163 e. The summed E-state index contributed by atoms with van der Waals surface area (Å²) in [4.78, 5) is 8.53. The second kappa shape index (κ2) is 6.93. The Labute approximate surface area is 153 Å². The standard InChI is InChI=1S/C18H15ClFN3O3/c19-13-5-10(1-2-14(13)20)23-18-12-6-17-16(7-15(12)21-9-22-18)25-8-11(26-17)3-4-24/h1-2,5-7,9,11,24H,3-4,8H2,(H,21,22,23). The topological polar surface area (TPSA) is 76.5 Å². The van der Waals surface area contributed by atoms with E-state index in [2.05, 4.69) is 15.3 Å². The molecule has 0 radical (unpaired) electrons. The van der Waals surface area contributed by atoms with Crippen LogP contribution in [0.15, 0.2) is 36.7 Å². The summed E-state index contributed by atoms with van der Waals surface area (Å²) in [5.41, 5.74) is 1.28. The molecule has 0 saturated heterocycles. The van der Waals surface area contributed by atoms with Gasteiger partial charge in [0.2, 0.25) is 0 Å². The van der Waals surface area contributed by atoms with Gasteiger partial charge in [-0.3, -0.25) is 0 Å². The van der Waals surface area contributed by atoms with Gasteiger partial charge in [-0.25, -0.2) is 14.4 Å². The van der Waals surface area contributed by atoms with Gasteiger partial charge >= 0.3 is 0 Å². The van der Waals surface area contributed by atoms with E-state index in [-0.39, 0.29) is 17.7 Å². The quantitative estimate of drug-likeness (QED) is 0.724. The molecule has 3 aromatic rings. The highest BCUT2D eigenvalue weighted by atomic mass is 35.5. The first-order chi connectivity index (χ1) is 12.6. The van der Waals surface area contributed by atoms with E-state index in [9.17, 15) is 4.39 Å². The normalized spacial score (nSPS) is 15.9. The van der Waals surface area contributed by atoms with Crippen molar-refractivity contribution < 1.29 is 19.0 Å². The van der Waals surface area contributed by atoms with Crippen LogP contribution in [0.25, 0.3) is 10.9 Å². The number of benzene rings is 2. The lowest BCUT2D eigenvalue weighted by Crippen LogP contribution is -2.29. The van der Waals surface area contributed by atoms with E-state index in [1.165, 1.54) is 18.5 Å². The Morgan fingerprint density at radius 2 is 2.12 bits per heavy atom. The molecule has 1 atom stereocenters. The monoisotopic (exact) mass is 375 g/mol. The molecule has 0 fully saturated rings. The van der Waals surface area contributed by atoms with Crippen LogP contribution in [0.1, 0.15) is 6.42 Å². The number of aliphatic hydroxyl groups excluding tert-OH is 1. The van der Waals surface area contributed by atoms with Crippen LogP contribution in [0.2, 0.25) is 5.02 Å². The molecule has 4 rings (SSSR count). The molecule has 2 aromatic carbocycles. The summed E-state index contributed by atoms with van der Waals surface area (Å²) in [5.74, 6) is 1.21. The summed E-state index contributed by atoms with van der Waals surface area (Å²) in [6.07, 6.45) is 1.71. The molecule has 0 spiro atoms. The average molecular weight is 376 g/mol. The second-order valence-electron chi connectivity index (χ2n) is 5.86. The van der Waals surface area contributed by atoms with Crippen molar-refractivity contribution in [1.82, 2.24) is 9.97 Å². The molecule has 2 heterocycles. The van der Waals surface area contributed by atoms with Crippen LogP contribution in [0.5, 0.6) is 11.5 Å². The third kappa shape index (κ3) is 3.23. The molecule has 0 bridgehead atoms. The maximum Gasteiger partial charge on any atom is 0.163 e. The van der Waals surface area contributed by atoms with Crippen molar-refractivity contribution in [2.75, 3.05) is 18.5 Å². The highest BCUT2D eigenvalue weighted by Crippen LogP contribution is 2.38. The minimum absolute atomic E-state index is 0.0225. The first-order valence-electron chi connectivity index (χ1n) is 8.05. The van der Waals surface area contributed by atoms with Crippen molar-refractivity contribution in [2.45, 2.75) is 12.5 Å². The van der Waals surface area contributed by atoms with Crippen LogP contribution in [0.3, 0.4) is 0 Å². The number of hydrogen-bond donors (Lipinski definition) is 2. The van der Waals surface area contributed by atoms with E-state index >= 15 is 0 Å². The Kier molecular flexibility index (Phi) is 4.48. The third-order valence-electron chi connectivity index (χ3n) is 4.05. The molecule has 26 heavy (non-hydrogen) atoms. The maximum atomic E-state index is 13.3. The molecule has 134 valence electrons. The summed E-state index contributed by atoms with van der Waals surface area (Å²) >= 11 is 5.83. The van der Waals surface area contributed by atoms with Gasteiger partial charge in [-0.15, -0.1) is 0 Å². The first-order valence-corrected chi connectivity index (χ1v) is 8.43. The second-order valence-corrected chi connectivity index (χ2v) is 6.26. The zero-order chi connectivity index (χ0) is 18.1. The Bertz CT molecular complexity index is 970. The number of aromatic nitrogens is 2. The molecule has 1 aliphatic heterocycles. The van der Waals surface area contributed by atoms with Gasteiger partial charge < -0.3 is 19.9 Å². The van der Waals surface area contributed by atoms with Gasteiger partial charge in [-0.1, -0.05) is 11.6 Å². The van der Waals surface area contributed by atoms with E-state index < -0.39 is 5.82 Å². The molecule has 1 unspecified atom stereocenters. The fraction of sp³-hybridized carbons (Fsp3) is 0.222. The van der Waals surface area contributed by atoms with Crippen LogP contribution in [-0.2, 0) is 0 Å². The molecule has 2 N–H and O–H groups in total. The summed E-state index contributed by atoms with van der Waals surface area (Å²) < 4.78 is 24.9. The lowest BCUT2D eigenvalue weighted by Gasteiger charge is -2.26. The van der Waals surface area contributed by atoms with Crippen molar-refractivity contribution in [2.24, 2.45) is 0 Å². The number of nitrogens with one attached hydrogen (secondary N) is 1. The van der Waals surface area contributed by atoms with Crippen LogP contribution in [0.4, 0.5) is 15.9 Å². The predicted octanol–water partition coefficient (Wildman–Crippen LogP) is 3.69. The zero-order valence-corrected chi connectivity index (χ0v) is 14.3. The molecule has 6 nitrogen and oxygen atoms in total. The number of aliphatic hydroxyl groups is 1. The van der Waals surface area contributed by atoms with Crippen molar-refractivity contribution in [3.8, 4) is 11.5 Å². The third-order valence-corrected chi connectivity index (χ3v) is 4.34. The fourth-order valence-electron chi connectivity index (χ4n) is 2.76. The lowest BCUT2D eigenvalue weighted by molar-refractivity contribution is 0.0707. The van der Waals surface area contributed by atoms with E-state index in [0.717, 1.165) is 5.39 Å². The van der Waals surface area contributed by atoms with Crippen LogP contribution in [-0.4, -0.2) is 34.4 Å². The number of ether oxygens (including phenoxy) is 2. The summed E-state index contributed by atoms with van der Waals surface area (Å²) in [5, 5.41) is 12.9. The van der Waals surface area contributed by atoms with Crippen molar-refractivity contribution in [1.29, 1.82) is 0 Å². The summed E-state index contributed by atoms with van der Waals surface area (Å²) in [7, 11) is 0. The summed E-state index contributed by atoms with van der Waals surface area (Å²) in [6.45, 7) is 0.404. The fourth-order valence-corrected chi connectivity index (χ4v) is 2.94. The van der Waals surface area contributed by atoms with Gasteiger partial charge in [0.25, 0.3) is 0 Å². The predicted molar refractivity (Wildman–Crippen MR) is 95.8 cm³/mol. The van der Waals surface area contributed by atoms with Crippen LogP contribution < -0.4 is 14.8 Å². The molecule has 0 amide bonds. The number of hydrogen-bond acceptors (Lipinski definition) is 6. The molecule has 0 aliphatic carbocycles. The van der Waals surface area contributed by atoms with E-state index in [1.807, 2.05) is 0 Å². The Balaban J connectivity index is 1.71. The Morgan fingerprint density at radius 3 is 2.92 bits per heavy atom. The Morgan fingerprint density at radius 1 is 1.23 bits per heavy atom. The van der Waals surface area contributed by atoms with Crippen LogP contribution in [0, 0.1) is 5.82 Å². The molecular weight excluding hydrogens is 361 g/mol. The van der Waals surface area contributed by atoms with Crippen molar-refractivity contribution >= 4 is 34.0 Å². The molecule has 8 heteroatoms. The number of fused-ring (bicyclic) bond motifs is 2. The van der Waals surface area contributed by atoms with Gasteiger partial charge in [0.15, 0.2) is 11.5 Å². The van der Waals surface area contributed by atoms with Gasteiger partial charge in [-0.05, 0) is 24.3 Å². The minimum atomic E-state index is -0.487. The largest absolute Gasteiger partial charge is 0.486 e. The van der Waals surface area contributed by atoms with Gasteiger partial charge in [0.1, 0.15) is 30.7 Å². The SMILES string of the molecule is OCCC1COc2cc3ncnc(Nc4ccc(F)c(Cl)c4)c3cc2O1. The highest BCUT2D eigenvalue weighted by Gasteiger charge is 2.22. The number of rotatable bonds is 4. The van der Waals surface area contributed by atoms with Crippen LogP contribution >= 0.6 is 11.6 Å². The Hall–Kier alpha value is -2.64. The average Bonchev–Trinajstić information content (AvgIpc) is 2.64. The van der Waals surface area contributed by atoms with E-state index in [4.69, 9.17) is 26.2 Å². The number of halogens is 2. The lowest BCUT2D eigenvalue weighted by atomic mass is 10.1. The molecule has 1 aromatic heterocycles. The summed E-state index contributed by atoms with van der Waals surface area (Å²) in [6, 6.07) is 7.92. The first kappa shape index (κ1) is 16.8. The van der Waals surface area contributed by atoms with E-state index in [0.29, 0.717) is 41.5 Å². The molecule has 0 saturated carbocycles. The van der Waals surface area contributed by atoms with Gasteiger partial charge in [0.05, 0.1) is 10.5 Å². The van der Waals surface area contributed by atoms with Crippen molar-refractivity contribution in [3.63, 3.8) is 0 Å².